The summed E-state index contributed by atoms with van der Waals surface area (Å²) in [6, 6.07) is 4.79. The molecular weight excluding hydrogens is 257 g/mol. The third-order valence-corrected chi connectivity index (χ3v) is 4.24. The standard InChI is InChI=1S/C13H17Cl2NO/c14-9-6-3-7-10(15)11(9)12(16)13(17)8-4-1-2-5-8/h3,6-8,12-13,17H,1-2,4-5,16H2/t12-,13+/m0/s1. The van der Waals surface area contributed by atoms with Gasteiger partial charge in [0.25, 0.3) is 0 Å². The van der Waals surface area contributed by atoms with Crippen LogP contribution in [-0.2, 0) is 0 Å². The van der Waals surface area contributed by atoms with Gasteiger partial charge in [-0.3, -0.25) is 0 Å². The molecule has 1 saturated carbocycles. The summed E-state index contributed by atoms with van der Waals surface area (Å²) in [5.41, 5.74) is 6.76. The van der Waals surface area contributed by atoms with Gasteiger partial charge < -0.3 is 10.8 Å². The van der Waals surface area contributed by atoms with Crippen LogP contribution in [0.25, 0.3) is 0 Å². The topological polar surface area (TPSA) is 46.2 Å². The average Bonchev–Trinajstić information content (AvgIpc) is 2.81. The molecule has 0 aliphatic heterocycles. The van der Waals surface area contributed by atoms with Crippen LogP contribution in [0.2, 0.25) is 10.0 Å². The lowest BCUT2D eigenvalue weighted by Crippen LogP contribution is -2.32. The van der Waals surface area contributed by atoms with Crippen molar-refractivity contribution in [1.82, 2.24) is 0 Å². The van der Waals surface area contributed by atoms with Crippen LogP contribution in [0.5, 0.6) is 0 Å². The summed E-state index contributed by atoms with van der Waals surface area (Å²) in [5, 5.41) is 11.3. The van der Waals surface area contributed by atoms with Gasteiger partial charge >= 0.3 is 0 Å². The van der Waals surface area contributed by atoms with Crippen molar-refractivity contribution in [2.75, 3.05) is 0 Å². The fourth-order valence-electron chi connectivity index (χ4n) is 2.59. The number of benzene rings is 1. The van der Waals surface area contributed by atoms with Crippen molar-refractivity contribution >= 4 is 23.2 Å². The van der Waals surface area contributed by atoms with Gasteiger partial charge in [-0.15, -0.1) is 0 Å². The number of aliphatic hydroxyl groups excluding tert-OH is 1. The fourth-order valence-corrected chi connectivity index (χ4v) is 3.24. The van der Waals surface area contributed by atoms with E-state index in [1.807, 2.05) is 0 Å². The quantitative estimate of drug-likeness (QED) is 0.885. The molecule has 1 aliphatic carbocycles. The summed E-state index contributed by atoms with van der Waals surface area (Å²) in [5.74, 6) is 0.275. The third-order valence-electron chi connectivity index (χ3n) is 3.58. The Balaban J connectivity index is 2.20. The van der Waals surface area contributed by atoms with Crippen molar-refractivity contribution in [2.45, 2.75) is 37.8 Å². The van der Waals surface area contributed by atoms with E-state index in [9.17, 15) is 5.11 Å². The molecule has 1 aliphatic rings. The maximum absolute atomic E-state index is 10.3. The molecule has 0 saturated heterocycles. The SMILES string of the molecule is N[C@@H](c1c(Cl)cccc1Cl)[C@H](O)C1CCCC1. The molecule has 1 fully saturated rings. The molecule has 0 bridgehead atoms. The van der Waals surface area contributed by atoms with Crippen LogP contribution in [0.15, 0.2) is 18.2 Å². The number of nitrogens with two attached hydrogens (primary N) is 1. The summed E-state index contributed by atoms with van der Waals surface area (Å²) in [6.07, 6.45) is 3.86. The highest BCUT2D eigenvalue weighted by molar-refractivity contribution is 6.36. The van der Waals surface area contributed by atoms with Gasteiger partial charge in [-0.25, -0.2) is 0 Å². The highest BCUT2D eigenvalue weighted by atomic mass is 35.5. The van der Waals surface area contributed by atoms with E-state index in [-0.39, 0.29) is 5.92 Å². The average molecular weight is 274 g/mol. The first-order valence-corrected chi connectivity index (χ1v) is 6.74. The molecule has 2 nitrogen and oxygen atoms in total. The first-order valence-electron chi connectivity index (χ1n) is 5.99. The number of aliphatic hydroxyl groups is 1. The van der Waals surface area contributed by atoms with Crippen molar-refractivity contribution in [1.29, 1.82) is 0 Å². The van der Waals surface area contributed by atoms with E-state index in [4.69, 9.17) is 28.9 Å². The van der Waals surface area contributed by atoms with Gasteiger partial charge in [0.05, 0.1) is 12.1 Å². The molecule has 1 aromatic rings. The second kappa shape index (κ2) is 5.57. The Morgan fingerprint density at radius 1 is 1.18 bits per heavy atom. The van der Waals surface area contributed by atoms with Gasteiger partial charge in [-0.1, -0.05) is 42.1 Å². The summed E-state index contributed by atoms with van der Waals surface area (Å²) in [6.45, 7) is 0. The lowest BCUT2D eigenvalue weighted by Gasteiger charge is -2.25. The van der Waals surface area contributed by atoms with E-state index >= 15 is 0 Å². The highest BCUT2D eigenvalue weighted by Crippen LogP contribution is 2.36. The molecule has 94 valence electrons. The van der Waals surface area contributed by atoms with Crippen LogP contribution in [0, 0.1) is 5.92 Å². The van der Waals surface area contributed by atoms with Gasteiger partial charge in [-0.05, 0) is 30.9 Å². The predicted octanol–water partition coefficient (Wildman–Crippen LogP) is 3.54. The molecule has 0 heterocycles. The Labute approximate surface area is 112 Å². The third kappa shape index (κ3) is 2.76. The van der Waals surface area contributed by atoms with E-state index < -0.39 is 12.1 Å². The summed E-state index contributed by atoms with van der Waals surface area (Å²) in [4.78, 5) is 0. The number of hydrogen-bond donors (Lipinski definition) is 2. The van der Waals surface area contributed by atoms with Crippen LogP contribution >= 0.6 is 23.2 Å². The second-order valence-electron chi connectivity index (χ2n) is 4.70. The Morgan fingerprint density at radius 2 is 1.71 bits per heavy atom. The van der Waals surface area contributed by atoms with Crippen molar-refractivity contribution in [3.63, 3.8) is 0 Å². The van der Waals surface area contributed by atoms with E-state index in [1.165, 1.54) is 12.8 Å². The monoisotopic (exact) mass is 273 g/mol. The van der Waals surface area contributed by atoms with Gasteiger partial charge in [0.15, 0.2) is 0 Å². The molecule has 1 aromatic carbocycles. The molecule has 2 rings (SSSR count). The van der Waals surface area contributed by atoms with Crippen LogP contribution in [-0.4, -0.2) is 11.2 Å². The van der Waals surface area contributed by atoms with Crippen LogP contribution in [0.4, 0.5) is 0 Å². The summed E-state index contributed by atoms with van der Waals surface area (Å²) in [7, 11) is 0. The first kappa shape index (κ1) is 13.2. The summed E-state index contributed by atoms with van der Waals surface area (Å²) >= 11 is 12.2. The summed E-state index contributed by atoms with van der Waals surface area (Å²) < 4.78 is 0. The van der Waals surface area contributed by atoms with Gasteiger partial charge in [0.1, 0.15) is 0 Å². The maximum atomic E-state index is 10.3. The highest BCUT2D eigenvalue weighted by Gasteiger charge is 2.30. The maximum Gasteiger partial charge on any atom is 0.0761 e. The van der Waals surface area contributed by atoms with Crippen LogP contribution in [0.1, 0.15) is 37.3 Å². The molecule has 3 N–H and O–H groups in total. The predicted molar refractivity (Wildman–Crippen MR) is 71.4 cm³/mol. The minimum Gasteiger partial charge on any atom is -0.391 e. The van der Waals surface area contributed by atoms with Crippen molar-refractivity contribution in [3.8, 4) is 0 Å². The number of hydrogen-bond acceptors (Lipinski definition) is 2. The smallest absolute Gasteiger partial charge is 0.0761 e. The number of halogens is 2. The normalized spacial score (nSPS) is 20.5. The first-order chi connectivity index (χ1) is 8.11. The van der Waals surface area contributed by atoms with Gasteiger partial charge in [0, 0.05) is 15.6 Å². The van der Waals surface area contributed by atoms with E-state index in [2.05, 4.69) is 0 Å². The van der Waals surface area contributed by atoms with E-state index in [0.29, 0.717) is 15.6 Å². The number of rotatable bonds is 3. The Morgan fingerprint density at radius 3 is 2.24 bits per heavy atom. The molecule has 0 spiro atoms. The second-order valence-corrected chi connectivity index (χ2v) is 5.51. The minimum atomic E-state index is -0.560. The lowest BCUT2D eigenvalue weighted by atomic mass is 9.91. The van der Waals surface area contributed by atoms with Crippen LogP contribution in [0.3, 0.4) is 0 Å². The molecule has 2 atom stereocenters. The van der Waals surface area contributed by atoms with E-state index in [0.717, 1.165) is 12.8 Å². The zero-order chi connectivity index (χ0) is 12.4. The molecule has 0 amide bonds. The molecule has 0 radical (unpaired) electrons. The van der Waals surface area contributed by atoms with E-state index in [1.54, 1.807) is 18.2 Å². The zero-order valence-electron chi connectivity index (χ0n) is 9.57. The van der Waals surface area contributed by atoms with Gasteiger partial charge in [0.2, 0.25) is 0 Å². The van der Waals surface area contributed by atoms with Crippen LogP contribution < -0.4 is 5.73 Å². The van der Waals surface area contributed by atoms with Crippen molar-refractivity contribution in [3.05, 3.63) is 33.8 Å². The van der Waals surface area contributed by atoms with Gasteiger partial charge in [-0.2, -0.15) is 0 Å². The molecule has 4 heteroatoms. The van der Waals surface area contributed by atoms with Crippen molar-refractivity contribution in [2.24, 2.45) is 11.7 Å². The zero-order valence-corrected chi connectivity index (χ0v) is 11.1. The fraction of sp³-hybridized carbons (Fsp3) is 0.538. The Hall–Kier alpha value is -0.280. The lowest BCUT2D eigenvalue weighted by molar-refractivity contribution is 0.0845. The minimum absolute atomic E-state index is 0.275. The largest absolute Gasteiger partial charge is 0.391 e. The molecule has 0 aromatic heterocycles. The van der Waals surface area contributed by atoms with Crippen molar-refractivity contribution < 1.29 is 5.11 Å². The molecular formula is C13H17Cl2NO. The molecule has 0 unspecified atom stereocenters. The molecule has 17 heavy (non-hydrogen) atoms. The Bertz CT molecular complexity index is 371. The Kier molecular flexibility index (Phi) is 4.31.